The van der Waals surface area contributed by atoms with E-state index < -0.39 is 17.8 Å². The van der Waals surface area contributed by atoms with Crippen LogP contribution in [0.2, 0.25) is 0 Å². The Labute approximate surface area is 151 Å². The maximum atomic E-state index is 13.8. The second-order valence-corrected chi connectivity index (χ2v) is 6.13. The molecule has 0 aromatic heterocycles. The molecule has 0 radical (unpaired) electrons. The second kappa shape index (κ2) is 7.77. The molecule has 1 amide bonds. The van der Waals surface area contributed by atoms with Gasteiger partial charge in [-0.15, -0.1) is 0 Å². The fourth-order valence-corrected chi connectivity index (χ4v) is 3.12. The van der Waals surface area contributed by atoms with Crippen molar-refractivity contribution in [2.45, 2.75) is 12.6 Å². The highest BCUT2D eigenvalue weighted by Gasteiger charge is 2.31. The SMILES string of the molecule is N#Cc1c(F)cccc1C(=O)N1CCN(Cc2ccccc2)C(C#N)C1. The van der Waals surface area contributed by atoms with E-state index in [9.17, 15) is 14.4 Å². The third kappa shape index (κ3) is 3.56. The van der Waals surface area contributed by atoms with Crippen LogP contribution in [0, 0.1) is 28.5 Å². The number of piperazine rings is 1. The van der Waals surface area contributed by atoms with Gasteiger partial charge in [0.1, 0.15) is 23.5 Å². The minimum atomic E-state index is -0.710. The number of halogens is 1. The van der Waals surface area contributed by atoms with E-state index in [4.69, 9.17) is 5.26 Å². The molecule has 1 unspecified atom stereocenters. The number of carbonyl (C=O) groups is 1. The van der Waals surface area contributed by atoms with E-state index in [-0.39, 0.29) is 17.7 Å². The van der Waals surface area contributed by atoms with Gasteiger partial charge in [0, 0.05) is 26.2 Å². The topological polar surface area (TPSA) is 71.1 Å². The summed E-state index contributed by atoms with van der Waals surface area (Å²) in [6.07, 6.45) is 0. The van der Waals surface area contributed by atoms with Gasteiger partial charge >= 0.3 is 0 Å². The summed E-state index contributed by atoms with van der Waals surface area (Å²) in [6, 6.07) is 17.4. The van der Waals surface area contributed by atoms with E-state index in [1.807, 2.05) is 35.2 Å². The number of amides is 1. The third-order valence-electron chi connectivity index (χ3n) is 4.51. The molecular weight excluding hydrogens is 331 g/mol. The van der Waals surface area contributed by atoms with Gasteiger partial charge in [0.05, 0.1) is 11.6 Å². The molecule has 0 aliphatic carbocycles. The van der Waals surface area contributed by atoms with Crippen LogP contribution in [-0.4, -0.2) is 41.4 Å². The Morgan fingerprint density at radius 2 is 1.88 bits per heavy atom. The van der Waals surface area contributed by atoms with Gasteiger partial charge in [0.25, 0.3) is 5.91 Å². The molecule has 1 heterocycles. The first-order valence-corrected chi connectivity index (χ1v) is 8.29. The number of rotatable bonds is 3. The predicted molar refractivity (Wildman–Crippen MR) is 93.3 cm³/mol. The highest BCUT2D eigenvalue weighted by atomic mass is 19.1. The summed E-state index contributed by atoms with van der Waals surface area (Å²) >= 11 is 0. The first-order valence-electron chi connectivity index (χ1n) is 8.29. The highest BCUT2D eigenvalue weighted by Crippen LogP contribution is 2.19. The molecule has 130 valence electrons. The van der Waals surface area contributed by atoms with Crippen molar-refractivity contribution in [3.05, 3.63) is 71.0 Å². The van der Waals surface area contributed by atoms with Crippen molar-refractivity contribution in [1.29, 1.82) is 10.5 Å². The van der Waals surface area contributed by atoms with Crippen LogP contribution >= 0.6 is 0 Å². The van der Waals surface area contributed by atoms with Crippen LogP contribution in [0.15, 0.2) is 48.5 Å². The molecule has 3 rings (SSSR count). The molecule has 0 saturated carbocycles. The van der Waals surface area contributed by atoms with Crippen LogP contribution in [0.5, 0.6) is 0 Å². The molecule has 1 aliphatic heterocycles. The van der Waals surface area contributed by atoms with Crippen molar-refractivity contribution in [2.24, 2.45) is 0 Å². The Bertz CT molecular complexity index is 885. The molecule has 26 heavy (non-hydrogen) atoms. The van der Waals surface area contributed by atoms with Gasteiger partial charge in [-0.1, -0.05) is 36.4 Å². The Balaban J connectivity index is 1.75. The zero-order valence-electron chi connectivity index (χ0n) is 14.1. The number of nitriles is 2. The van der Waals surface area contributed by atoms with E-state index in [1.54, 1.807) is 6.07 Å². The van der Waals surface area contributed by atoms with Crippen molar-refractivity contribution in [2.75, 3.05) is 19.6 Å². The number of nitrogens with zero attached hydrogens (tertiary/aromatic N) is 4. The first kappa shape index (κ1) is 17.6. The van der Waals surface area contributed by atoms with Gasteiger partial charge in [0.15, 0.2) is 0 Å². The van der Waals surface area contributed by atoms with Crippen molar-refractivity contribution in [3.8, 4) is 12.1 Å². The molecule has 1 fully saturated rings. The molecule has 1 aliphatic rings. The molecule has 0 N–H and O–H groups in total. The first-order chi connectivity index (χ1) is 12.6. The van der Waals surface area contributed by atoms with Crippen LogP contribution in [0.1, 0.15) is 21.5 Å². The third-order valence-corrected chi connectivity index (χ3v) is 4.51. The molecule has 0 spiro atoms. The van der Waals surface area contributed by atoms with E-state index in [2.05, 4.69) is 6.07 Å². The van der Waals surface area contributed by atoms with Crippen LogP contribution < -0.4 is 0 Å². The molecule has 1 saturated heterocycles. The monoisotopic (exact) mass is 348 g/mol. The van der Waals surface area contributed by atoms with Gasteiger partial charge in [-0.05, 0) is 17.7 Å². The summed E-state index contributed by atoms with van der Waals surface area (Å²) in [5, 5.41) is 18.6. The lowest BCUT2D eigenvalue weighted by Gasteiger charge is -2.38. The fourth-order valence-electron chi connectivity index (χ4n) is 3.12. The van der Waals surface area contributed by atoms with E-state index in [0.717, 1.165) is 11.6 Å². The zero-order valence-corrected chi connectivity index (χ0v) is 14.1. The molecule has 1 atom stereocenters. The van der Waals surface area contributed by atoms with Crippen LogP contribution in [0.4, 0.5) is 4.39 Å². The van der Waals surface area contributed by atoms with E-state index in [1.165, 1.54) is 17.0 Å². The number of benzene rings is 2. The minimum absolute atomic E-state index is 0.0423. The van der Waals surface area contributed by atoms with Gasteiger partial charge in [-0.3, -0.25) is 9.69 Å². The highest BCUT2D eigenvalue weighted by molar-refractivity contribution is 5.96. The Morgan fingerprint density at radius 3 is 2.58 bits per heavy atom. The summed E-state index contributed by atoms with van der Waals surface area (Å²) in [4.78, 5) is 16.3. The second-order valence-electron chi connectivity index (χ2n) is 6.13. The standard InChI is InChI=1S/C20H17FN4O/c21-19-8-4-7-17(18(19)12-23)20(26)25-10-9-24(16(11-22)14-25)13-15-5-2-1-3-6-15/h1-8,16H,9-10,13-14H2. The molecule has 0 bridgehead atoms. The Morgan fingerprint density at radius 1 is 1.12 bits per heavy atom. The lowest BCUT2D eigenvalue weighted by molar-refractivity contribution is 0.0551. The summed E-state index contributed by atoms with van der Waals surface area (Å²) in [5.74, 6) is -1.13. The summed E-state index contributed by atoms with van der Waals surface area (Å²) in [7, 11) is 0. The van der Waals surface area contributed by atoms with Crippen LogP contribution in [-0.2, 0) is 6.54 Å². The summed E-state index contributed by atoms with van der Waals surface area (Å²) in [5.41, 5.74) is 0.892. The van der Waals surface area contributed by atoms with Crippen molar-refractivity contribution in [1.82, 2.24) is 9.80 Å². The van der Waals surface area contributed by atoms with Gasteiger partial charge in [-0.2, -0.15) is 10.5 Å². The van der Waals surface area contributed by atoms with Crippen LogP contribution in [0.25, 0.3) is 0 Å². The zero-order chi connectivity index (χ0) is 18.5. The molecule has 6 heteroatoms. The van der Waals surface area contributed by atoms with E-state index in [0.29, 0.717) is 19.6 Å². The van der Waals surface area contributed by atoms with Crippen molar-refractivity contribution < 1.29 is 9.18 Å². The largest absolute Gasteiger partial charge is 0.335 e. The average molecular weight is 348 g/mol. The lowest BCUT2D eigenvalue weighted by Crippen LogP contribution is -2.53. The van der Waals surface area contributed by atoms with Gasteiger partial charge in [-0.25, -0.2) is 4.39 Å². The quantitative estimate of drug-likeness (QED) is 0.855. The Kier molecular flexibility index (Phi) is 5.26. The van der Waals surface area contributed by atoms with Crippen molar-refractivity contribution in [3.63, 3.8) is 0 Å². The van der Waals surface area contributed by atoms with Gasteiger partial charge < -0.3 is 4.90 Å². The molecule has 2 aromatic rings. The average Bonchev–Trinajstić information content (AvgIpc) is 2.68. The lowest BCUT2D eigenvalue weighted by atomic mass is 10.0. The molecule has 5 nitrogen and oxygen atoms in total. The number of hydrogen-bond donors (Lipinski definition) is 0. The maximum Gasteiger partial charge on any atom is 0.255 e. The molecular formula is C20H17FN4O. The maximum absolute atomic E-state index is 13.8. The summed E-state index contributed by atoms with van der Waals surface area (Å²) < 4.78 is 13.8. The number of carbonyl (C=O) groups excluding carboxylic acids is 1. The Hall–Kier alpha value is -3.22. The summed E-state index contributed by atoms with van der Waals surface area (Å²) in [6.45, 7) is 1.81. The van der Waals surface area contributed by atoms with Crippen molar-refractivity contribution >= 4 is 5.91 Å². The predicted octanol–water partition coefficient (Wildman–Crippen LogP) is 2.55. The van der Waals surface area contributed by atoms with Crippen LogP contribution in [0.3, 0.4) is 0 Å². The normalized spacial score (nSPS) is 17.3. The van der Waals surface area contributed by atoms with E-state index >= 15 is 0 Å². The van der Waals surface area contributed by atoms with Gasteiger partial charge in [0.2, 0.25) is 0 Å². The fraction of sp³-hybridized carbons (Fsp3) is 0.250. The molecule has 2 aromatic carbocycles. The minimum Gasteiger partial charge on any atom is -0.335 e. The number of hydrogen-bond acceptors (Lipinski definition) is 4. The smallest absolute Gasteiger partial charge is 0.255 e.